The molecule has 8 heteroatoms. The van der Waals surface area contributed by atoms with Crippen molar-refractivity contribution in [2.75, 3.05) is 22.4 Å². The van der Waals surface area contributed by atoms with E-state index in [1.807, 2.05) is 0 Å². The molecule has 122 valence electrons. The highest BCUT2D eigenvalue weighted by Crippen LogP contribution is 2.20. The molecule has 2 rings (SSSR count). The number of hydrogen-bond donors (Lipinski definition) is 1. The van der Waals surface area contributed by atoms with Gasteiger partial charge in [0.15, 0.2) is 0 Å². The maximum absolute atomic E-state index is 12.8. The zero-order valence-electron chi connectivity index (χ0n) is 12.2. The molecule has 0 aliphatic carbocycles. The van der Waals surface area contributed by atoms with Gasteiger partial charge < -0.3 is 5.32 Å². The zero-order chi connectivity index (χ0) is 17.0. The molecule has 0 saturated heterocycles. The quantitative estimate of drug-likeness (QED) is 0.895. The van der Waals surface area contributed by atoms with Gasteiger partial charge in [0.05, 0.1) is 11.9 Å². The van der Waals surface area contributed by atoms with Gasteiger partial charge in [0.25, 0.3) is 0 Å². The standard InChI is InChI=1S/C15H14ClFN2O3S/c1-23(21,22)19(14-8-2-11(16)3-9-14)10-15(20)18-13-6-4-12(17)5-7-13/h2-9H,10H2,1H3,(H,18,20). The molecule has 23 heavy (non-hydrogen) atoms. The lowest BCUT2D eigenvalue weighted by Gasteiger charge is -2.21. The monoisotopic (exact) mass is 356 g/mol. The molecule has 0 aliphatic rings. The summed E-state index contributed by atoms with van der Waals surface area (Å²) in [5.41, 5.74) is 0.701. The van der Waals surface area contributed by atoms with Gasteiger partial charge in [0, 0.05) is 10.7 Å². The van der Waals surface area contributed by atoms with Crippen LogP contribution < -0.4 is 9.62 Å². The second-order valence-electron chi connectivity index (χ2n) is 4.80. The third-order valence-electron chi connectivity index (χ3n) is 2.93. The minimum Gasteiger partial charge on any atom is -0.325 e. The summed E-state index contributed by atoms with van der Waals surface area (Å²) in [6.45, 7) is -0.405. The molecule has 0 heterocycles. The van der Waals surface area contributed by atoms with Crippen LogP contribution in [0.5, 0.6) is 0 Å². The van der Waals surface area contributed by atoms with Gasteiger partial charge in [-0.1, -0.05) is 11.6 Å². The maximum atomic E-state index is 12.8. The molecule has 0 spiro atoms. The first-order valence-electron chi connectivity index (χ1n) is 6.54. The van der Waals surface area contributed by atoms with Crippen molar-refractivity contribution in [1.29, 1.82) is 0 Å². The summed E-state index contributed by atoms with van der Waals surface area (Å²) >= 11 is 5.78. The highest BCUT2D eigenvalue weighted by atomic mass is 35.5. The molecule has 0 bridgehead atoms. The van der Waals surface area contributed by atoms with Crippen molar-refractivity contribution in [3.63, 3.8) is 0 Å². The zero-order valence-corrected chi connectivity index (χ0v) is 13.7. The van der Waals surface area contributed by atoms with E-state index in [4.69, 9.17) is 11.6 Å². The molecule has 1 amide bonds. The lowest BCUT2D eigenvalue weighted by molar-refractivity contribution is -0.114. The van der Waals surface area contributed by atoms with Crippen LogP contribution in [0, 0.1) is 5.82 Å². The number of benzene rings is 2. The smallest absolute Gasteiger partial charge is 0.245 e. The summed E-state index contributed by atoms with van der Waals surface area (Å²) in [6.07, 6.45) is 1.01. The first-order valence-corrected chi connectivity index (χ1v) is 8.77. The summed E-state index contributed by atoms with van der Waals surface area (Å²) in [6, 6.07) is 11.3. The van der Waals surface area contributed by atoms with Crippen molar-refractivity contribution in [3.8, 4) is 0 Å². The molecule has 0 radical (unpaired) electrons. The summed E-state index contributed by atoms with van der Waals surface area (Å²) in [5, 5.41) is 2.97. The van der Waals surface area contributed by atoms with Gasteiger partial charge in [0.1, 0.15) is 12.4 Å². The molecule has 0 fully saturated rings. The van der Waals surface area contributed by atoms with E-state index >= 15 is 0 Å². The van der Waals surface area contributed by atoms with E-state index in [1.165, 1.54) is 48.5 Å². The Bertz CT molecular complexity index is 792. The van der Waals surface area contributed by atoms with Gasteiger partial charge in [-0.15, -0.1) is 0 Å². The van der Waals surface area contributed by atoms with Crippen molar-refractivity contribution in [2.24, 2.45) is 0 Å². The number of amides is 1. The van der Waals surface area contributed by atoms with Crippen LogP contribution in [0.15, 0.2) is 48.5 Å². The van der Waals surface area contributed by atoms with Crippen molar-refractivity contribution >= 4 is 38.9 Å². The Kier molecular flexibility index (Phi) is 5.23. The summed E-state index contributed by atoms with van der Waals surface area (Å²) in [5.74, 6) is -0.973. The molecular weight excluding hydrogens is 343 g/mol. The summed E-state index contributed by atoms with van der Waals surface area (Å²) in [7, 11) is -3.66. The molecule has 0 unspecified atom stereocenters. The fourth-order valence-corrected chi connectivity index (χ4v) is 2.85. The largest absolute Gasteiger partial charge is 0.325 e. The summed E-state index contributed by atoms with van der Waals surface area (Å²) in [4.78, 5) is 12.1. The van der Waals surface area contributed by atoms with Crippen molar-refractivity contribution in [1.82, 2.24) is 0 Å². The lowest BCUT2D eigenvalue weighted by Crippen LogP contribution is -2.37. The molecule has 2 aromatic carbocycles. The minimum atomic E-state index is -3.66. The molecule has 1 N–H and O–H groups in total. The van der Waals surface area contributed by atoms with Crippen molar-refractivity contribution < 1.29 is 17.6 Å². The predicted octanol–water partition coefficient (Wildman–Crippen LogP) is 2.88. The van der Waals surface area contributed by atoms with E-state index in [9.17, 15) is 17.6 Å². The summed E-state index contributed by atoms with van der Waals surface area (Å²) < 4.78 is 37.6. The highest BCUT2D eigenvalue weighted by molar-refractivity contribution is 7.92. The minimum absolute atomic E-state index is 0.325. The predicted molar refractivity (Wildman–Crippen MR) is 88.7 cm³/mol. The van der Waals surface area contributed by atoms with Crippen molar-refractivity contribution in [3.05, 3.63) is 59.4 Å². The van der Waals surface area contributed by atoms with E-state index in [0.717, 1.165) is 10.6 Å². The molecule has 2 aromatic rings. The number of nitrogens with one attached hydrogen (secondary N) is 1. The van der Waals surface area contributed by atoms with Gasteiger partial charge in [-0.25, -0.2) is 12.8 Å². The highest BCUT2D eigenvalue weighted by Gasteiger charge is 2.20. The van der Waals surface area contributed by atoms with Gasteiger partial charge >= 0.3 is 0 Å². The number of nitrogens with zero attached hydrogens (tertiary/aromatic N) is 1. The van der Waals surface area contributed by atoms with Crippen LogP contribution in [0.2, 0.25) is 5.02 Å². The Morgan fingerprint density at radius 1 is 1.13 bits per heavy atom. The normalized spacial score (nSPS) is 11.1. The number of rotatable bonds is 5. The fraction of sp³-hybridized carbons (Fsp3) is 0.133. The van der Waals surface area contributed by atoms with E-state index in [-0.39, 0.29) is 0 Å². The topological polar surface area (TPSA) is 66.5 Å². The Hall–Kier alpha value is -2.12. The lowest BCUT2D eigenvalue weighted by atomic mass is 10.3. The third kappa shape index (κ3) is 4.94. The first kappa shape index (κ1) is 17.2. The average Bonchev–Trinajstić information content (AvgIpc) is 2.47. The van der Waals surface area contributed by atoms with Crippen LogP contribution >= 0.6 is 11.6 Å². The van der Waals surface area contributed by atoms with E-state index in [2.05, 4.69) is 5.32 Å². The van der Waals surface area contributed by atoms with Gasteiger partial charge in [-0.05, 0) is 48.5 Å². The Morgan fingerprint density at radius 2 is 1.70 bits per heavy atom. The maximum Gasteiger partial charge on any atom is 0.245 e. The third-order valence-corrected chi connectivity index (χ3v) is 4.32. The Balaban J connectivity index is 2.16. The van der Waals surface area contributed by atoms with Crippen molar-refractivity contribution in [2.45, 2.75) is 0 Å². The number of carbonyl (C=O) groups excluding carboxylic acids is 1. The van der Waals surface area contributed by atoms with E-state index < -0.39 is 28.3 Å². The van der Waals surface area contributed by atoms with Gasteiger partial charge in [-0.3, -0.25) is 9.10 Å². The molecule has 0 aliphatic heterocycles. The van der Waals surface area contributed by atoms with Gasteiger partial charge in [0.2, 0.25) is 15.9 Å². The molecule has 5 nitrogen and oxygen atoms in total. The van der Waals surface area contributed by atoms with Crippen LogP contribution in [-0.2, 0) is 14.8 Å². The Labute approximate surface area is 138 Å². The number of sulfonamides is 1. The number of anilines is 2. The number of halogens is 2. The second kappa shape index (κ2) is 6.97. The second-order valence-corrected chi connectivity index (χ2v) is 7.14. The SMILES string of the molecule is CS(=O)(=O)N(CC(=O)Nc1ccc(F)cc1)c1ccc(Cl)cc1. The molecule has 0 saturated carbocycles. The van der Waals surface area contributed by atoms with Gasteiger partial charge in [-0.2, -0.15) is 0 Å². The number of hydrogen-bond acceptors (Lipinski definition) is 3. The van der Waals surface area contributed by atoms with Crippen LogP contribution in [0.4, 0.5) is 15.8 Å². The molecular formula is C15H14ClFN2O3S. The van der Waals surface area contributed by atoms with E-state index in [0.29, 0.717) is 16.4 Å². The van der Waals surface area contributed by atoms with Crippen LogP contribution in [0.1, 0.15) is 0 Å². The van der Waals surface area contributed by atoms with E-state index in [1.54, 1.807) is 0 Å². The van der Waals surface area contributed by atoms with Crippen LogP contribution in [0.3, 0.4) is 0 Å². The first-order chi connectivity index (χ1) is 10.8. The fourth-order valence-electron chi connectivity index (χ4n) is 1.87. The molecule has 0 atom stereocenters. The Morgan fingerprint density at radius 3 is 2.22 bits per heavy atom. The average molecular weight is 357 g/mol. The molecule has 0 aromatic heterocycles. The number of carbonyl (C=O) groups is 1. The van der Waals surface area contributed by atoms with Crippen LogP contribution in [0.25, 0.3) is 0 Å². The van der Waals surface area contributed by atoms with Crippen LogP contribution in [-0.4, -0.2) is 27.1 Å².